The quantitative estimate of drug-likeness (QED) is 0.907. The summed E-state index contributed by atoms with van der Waals surface area (Å²) in [5, 5.41) is 7.91. The van der Waals surface area contributed by atoms with Gasteiger partial charge in [0, 0.05) is 63.9 Å². The van der Waals surface area contributed by atoms with Crippen molar-refractivity contribution in [2.75, 3.05) is 19.6 Å². The number of hydrogen-bond donors (Lipinski definition) is 1. The summed E-state index contributed by atoms with van der Waals surface area (Å²) in [4.78, 5) is 7.02. The zero-order valence-corrected chi connectivity index (χ0v) is 14.1. The first-order valence-corrected chi connectivity index (χ1v) is 7.71. The SMILES string of the molecule is CCCn1cc(CN2CCNCC2c2nccn2C)cn1.Cl. The number of piperazine rings is 1. The molecule has 1 unspecified atom stereocenters. The third-order valence-electron chi connectivity index (χ3n) is 4.04. The number of imidazole rings is 1. The molecule has 1 saturated heterocycles. The maximum Gasteiger partial charge on any atom is 0.127 e. The summed E-state index contributed by atoms with van der Waals surface area (Å²) in [5.41, 5.74) is 1.28. The van der Waals surface area contributed by atoms with Crippen molar-refractivity contribution in [1.82, 2.24) is 29.5 Å². The molecule has 0 aliphatic carbocycles. The van der Waals surface area contributed by atoms with Crippen LogP contribution in [0.3, 0.4) is 0 Å². The molecule has 122 valence electrons. The van der Waals surface area contributed by atoms with Crippen molar-refractivity contribution in [1.29, 1.82) is 0 Å². The summed E-state index contributed by atoms with van der Waals surface area (Å²) < 4.78 is 4.15. The molecule has 6 nitrogen and oxygen atoms in total. The van der Waals surface area contributed by atoms with Crippen molar-refractivity contribution in [3.63, 3.8) is 0 Å². The van der Waals surface area contributed by atoms with Gasteiger partial charge in [0.25, 0.3) is 0 Å². The van der Waals surface area contributed by atoms with Crippen LogP contribution in [0.15, 0.2) is 24.8 Å². The van der Waals surface area contributed by atoms with Crippen molar-refractivity contribution in [2.45, 2.75) is 32.5 Å². The Kier molecular flexibility index (Phi) is 5.99. The molecule has 0 radical (unpaired) electrons. The standard InChI is InChI=1S/C15H24N6.ClH/c1-3-6-21-12-13(9-18-21)11-20-8-4-16-10-14(20)15-17-5-7-19(15)2;/h5,7,9,12,14,16H,3-4,6,8,10-11H2,1-2H3;1H. The number of aryl methyl sites for hydroxylation is 2. The Balaban J connectivity index is 0.00000176. The second kappa shape index (κ2) is 7.76. The van der Waals surface area contributed by atoms with Gasteiger partial charge in [-0.25, -0.2) is 4.98 Å². The lowest BCUT2D eigenvalue weighted by Crippen LogP contribution is -2.46. The summed E-state index contributed by atoms with van der Waals surface area (Å²) in [6, 6.07) is 0.327. The third-order valence-corrected chi connectivity index (χ3v) is 4.04. The van der Waals surface area contributed by atoms with E-state index >= 15 is 0 Å². The fourth-order valence-corrected chi connectivity index (χ4v) is 2.96. The lowest BCUT2D eigenvalue weighted by molar-refractivity contribution is 0.144. The molecular formula is C15H25ClN6. The van der Waals surface area contributed by atoms with Gasteiger partial charge in [-0.05, 0) is 6.42 Å². The van der Waals surface area contributed by atoms with Crippen molar-refractivity contribution >= 4 is 12.4 Å². The summed E-state index contributed by atoms with van der Waals surface area (Å²) >= 11 is 0. The number of hydrogen-bond acceptors (Lipinski definition) is 4. The molecule has 1 N–H and O–H groups in total. The van der Waals surface area contributed by atoms with Crippen LogP contribution in [0.2, 0.25) is 0 Å². The number of nitrogens with one attached hydrogen (secondary N) is 1. The Hall–Kier alpha value is -1.37. The first-order chi connectivity index (χ1) is 10.3. The van der Waals surface area contributed by atoms with Gasteiger partial charge in [0.15, 0.2) is 0 Å². The average Bonchev–Trinajstić information content (AvgIpc) is 3.09. The molecule has 3 heterocycles. The van der Waals surface area contributed by atoms with E-state index in [0.29, 0.717) is 6.04 Å². The topological polar surface area (TPSA) is 50.9 Å². The van der Waals surface area contributed by atoms with Crippen molar-refractivity contribution in [2.24, 2.45) is 7.05 Å². The summed E-state index contributed by atoms with van der Waals surface area (Å²) in [5.74, 6) is 1.13. The van der Waals surface area contributed by atoms with E-state index < -0.39 is 0 Å². The molecule has 1 aliphatic heterocycles. The number of nitrogens with zero attached hydrogens (tertiary/aromatic N) is 5. The predicted octanol–water partition coefficient (Wildman–Crippen LogP) is 1.59. The van der Waals surface area contributed by atoms with E-state index in [-0.39, 0.29) is 12.4 Å². The molecule has 0 saturated carbocycles. The van der Waals surface area contributed by atoms with E-state index in [2.05, 4.69) is 45.0 Å². The van der Waals surface area contributed by atoms with E-state index in [1.54, 1.807) is 0 Å². The fraction of sp³-hybridized carbons (Fsp3) is 0.600. The lowest BCUT2D eigenvalue weighted by Gasteiger charge is -2.35. The van der Waals surface area contributed by atoms with E-state index in [9.17, 15) is 0 Å². The highest BCUT2D eigenvalue weighted by atomic mass is 35.5. The highest BCUT2D eigenvalue weighted by molar-refractivity contribution is 5.85. The maximum atomic E-state index is 4.53. The molecule has 0 aromatic carbocycles. The number of aromatic nitrogens is 4. The van der Waals surface area contributed by atoms with E-state index in [4.69, 9.17) is 0 Å². The Bertz CT molecular complexity index is 578. The van der Waals surface area contributed by atoms with E-state index in [1.165, 1.54) is 5.56 Å². The van der Waals surface area contributed by atoms with Gasteiger partial charge in [-0.3, -0.25) is 9.58 Å². The van der Waals surface area contributed by atoms with Crippen LogP contribution in [0.1, 0.15) is 30.8 Å². The van der Waals surface area contributed by atoms with Gasteiger partial charge in [0.05, 0.1) is 12.2 Å². The number of rotatable bonds is 5. The van der Waals surface area contributed by atoms with Gasteiger partial charge in [-0.1, -0.05) is 6.92 Å². The molecule has 0 amide bonds. The molecule has 1 atom stereocenters. The third kappa shape index (κ3) is 3.69. The average molecular weight is 325 g/mol. The Morgan fingerprint density at radius 2 is 2.27 bits per heavy atom. The van der Waals surface area contributed by atoms with Crippen LogP contribution >= 0.6 is 12.4 Å². The van der Waals surface area contributed by atoms with Gasteiger partial charge < -0.3 is 9.88 Å². The largest absolute Gasteiger partial charge is 0.337 e. The maximum absolute atomic E-state index is 4.53. The second-order valence-corrected chi connectivity index (χ2v) is 5.70. The molecule has 22 heavy (non-hydrogen) atoms. The van der Waals surface area contributed by atoms with Gasteiger partial charge >= 0.3 is 0 Å². The van der Waals surface area contributed by atoms with Crippen LogP contribution in [0, 0.1) is 0 Å². The smallest absolute Gasteiger partial charge is 0.127 e. The molecular weight excluding hydrogens is 300 g/mol. The fourth-order valence-electron chi connectivity index (χ4n) is 2.96. The molecule has 1 aliphatic rings. The van der Waals surface area contributed by atoms with Crippen molar-refractivity contribution < 1.29 is 0 Å². The predicted molar refractivity (Wildman–Crippen MR) is 89.0 cm³/mol. The highest BCUT2D eigenvalue weighted by Gasteiger charge is 2.26. The van der Waals surface area contributed by atoms with Crippen LogP contribution in [-0.4, -0.2) is 43.9 Å². The Morgan fingerprint density at radius 3 is 3.00 bits per heavy atom. The molecule has 7 heteroatoms. The normalized spacial score (nSPS) is 19.1. The Labute approximate surface area is 137 Å². The van der Waals surface area contributed by atoms with Gasteiger partial charge in [-0.15, -0.1) is 12.4 Å². The highest BCUT2D eigenvalue weighted by Crippen LogP contribution is 2.22. The van der Waals surface area contributed by atoms with Crippen LogP contribution in [0.25, 0.3) is 0 Å². The zero-order chi connectivity index (χ0) is 14.7. The minimum absolute atomic E-state index is 0. The van der Waals surface area contributed by atoms with Crippen molar-refractivity contribution in [3.05, 3.63) is 36.2 Å². The second-order valence-electron chi connectivity index (χ2n) is 5.70. The van der Waals surface area contributed by atoms with Crippen molar-refractivity contribution in [3.8, 4) is 0 Å². The molecule has 2 aromatic rings. The summed E-state index contributed by atoms with van der Waals surface area (Å²) in [6.07, 6.45) is 9.17. The van der Waals surface area contributed by atoms with Gasteiger partial charge in [0.2, 0.25) is 0 Å². The Morgan fingerprint density at radius 1 is 1.41 bits per heavy atom. The van der Waals surface area contributed by atoms with E-state index in [0.717, 1.165) is 45.0 Å². The minimum atomic E-state index is 0. The van der Waals surface area contributed by atoms with Crippen LogP contribution in [0.4, 0.5) is 0 Å². The monoisotopic (exact) mass is 324 g/mol. The van der Waals surface area contributed by atoms with Gasteiger partial charge in [0.1, 0.15) is 5.82 Å². The van der Waals surface area contributed by atoms with Crippen LogP contribution < -0.4 is 5.32 Å². The first-order valence-electron chi connectivity index (χ1n) is 7.71. The number of halogens is 1. The first kappa shape index (κ1) is 17.0. The van der Waals surface area contributed by atoms with Crippen LogP contribution in [0.5, 0.6) is 0 Å². The minimum Gasteiger partial charge on any atom is -0.337 e. The molecule has 1 fully saturated rings. The van der Waals surface area contributed by atoms with E-state index in [1.807, 2.05) is 23.3 Å². The summed E-state index contributed by atoms with van der Waals surface area (Å²) in [7, 11) is 2.06. The molecule has 0 bridgehead atoms. The molecule has 2 aromatic heterocycles. The van der Waals surface area contributed by atoms with Crippen LogP contribution in [-0.2, 0) is 20.1 Å². The lowest BCUT2D eigenvalue weighted by atomic mass is 10.1. The molecule has 3 rings (SSSR count). The zero-order valence-electron chi connectivity index (χ0n) is 13.3. The molecule has 0 spiro atoms. The summed E-state index contributed by atoms with van der Waals surface area (Å²) in [6.45, 7) is 7.12. The van der Waals surface area contributed by atoms with Gasteiger partial charge in [-0.2, -0.15) is 5.10 Å².